The van der Waals surface area contributed by atoms with E-state index in [1.807, 2.05) is 30.3 Å². The third kappa shape index (κ3) is 5.20. The maximum absolute atomic E-state index is 13.0. The highest BCUT2D eigenvalue weighted by molar-refractivity contribution is 5.97. The van der Waals surface area contributed by atoms with Crippen molar-refractivity contribution in [2.45, 2.75) is 31.8 Å². The molecule has 0 radical (unpaired) electrons. The molecule has 168 valence electrons. The van der Waals surface area contributed by atoms with Gasteiger partial charge in [-0.25, -0.2) is 4.98 Å². The number of ether oxygens (including phenoxy) is 2. The van der Waals surface area contributed by atoms with Gasteiger partial charge in [0.2, 0.25) is 5.91 Å². The van der Waals surface area contributed by atoms with Crippen molar-refractivity contribution in [1.82, 2.24) is 4.98 Å². The number of nitrogens with zero attached hydrogens (tertiary/aromatic N) is 2. The second kappa shape index (κ2) is 8.89. The van der Waals surface area contributed by atoms with Crippen LogP contribution in [0, 0.1) is 11.8 Å². The van der Waals surface area contributed by atoms with E-state index in [-0.39, 0.29) is 19.2 Å². The highest BCUT2D eigenvalue weighted by Crippen LogP contribution is 2.40. The summed E-state index contributed by atoms with van der Waals surface area (Å²) < 4.78 is 10.6. The van der Waals surface area contributed by atoms with Crippen LogP contribution in [0.5, 0.6) is 5.75 Å². The van der Waals surface area contributed by atoms with Crippen LogP contribution in [-0.4, -0.2) is 63.3 Å². The Morgan fingerprint density at radius 3 is 2.29 bits per heavy atom. The highest BCUT2D eigenvalue weighted by Gasteiger charge is 2.56. The number of benzene rings is 1. The molecule has 9 heteroatoms. The molecule has 2 aromatic rings. The number of rotatable bonds is 8. The topological polar surface area (TPSA) is 133 Å². The SMILES string of the molecule is COCOc1ccc(N2CC(C(C)(O)O)C(C(C)(O)O)C2=O)nc1Cc1ccccc1. The van der Waals surface area contributed by atoms with Crippen LogP contribution < -0.4 is 9.64 Å². The molecule has 1 saturated heterocycles. The van der Waals surface area contributed by atoms with E-state index in [0.717, 1.165) is 19.4 Å². The standard InChI is InChI=1S/C22H28N2O7/c1-21(26,27)15-12-24(20(25)19(15)22(2,28)29)18-10-9-17(31-13-30-3)16(23-18)11-14-7-5-4-6-8-14/h4-10,15,19,26-29H,11-13H2,1-3H3. The molecule has 0 spiro atoms. The van der Waals surface area contributed by atoms with Gasteiger partial charge in [-0.2, -0.15) is 0 Å². The number of amides is 1. The molecule has 1 aromatic carbocycles. The van der Waals surface area contributed by atoms with Crippen LogP contribution in [0.3, 0.4) is 0 Å². The zero-order valence-corrected chi connectivity index (χ0v) is 17.7. The summed E-state index contributed by atoms with van der Waals surface area (Å²) in [5, 5.41) is 40.5. The fourth-order valence-corrected chi connectivity index (χ4v) is 3.84. The summed E-state index contributed by atoms with van der Waals surface area (Å²) in [7, 11) is 1.50. The monoisotopic (exact) mass is 432 g/mol. The fourth-order valence-electron chi connectivity index (χ4n) is 3.84. The number of aromatic nitrogens is 1. The molecule has 1 fully saturated rings. The molecule has 1 amide bonds. The molecule has 1 aromatic heterocycles. The summed E-state index contributed by atoms with van der Waals surface area (Å²) in [6.07, 6.45) is 0.429. The number of hydrogen-bond donors (Lipinski definition) is 4. The molecule has 0 bridgehead atoms. The largest absolute Gasteiger partial charge is 0.466 e. The average Bonchev–Trinajstić information content (AvgIpc) is 3.06. The van der Waals surface area contributed by atoms with Gasteiger partial charge in [-0.05, 0) is 31.5 Å². The van der Waals surface area contributed by atoms with E-state index in [1.54, 1.807) is 12.1 Å². The number of carbonyl (C=O) groups excluding carboxylic acids is 1. The van der Waals surface area contributed by atoms with Crippen molar-refractivity contribution in [3.8, 4) is 5.75 Å². The van der Waals surface area contributed by atoms with Gasteiger partial charge >= 0.3 is 0 Å². The molecule has 31 heavy (non-hydrogen) atoms. The molecule has 4 N–H and O–H groups in total. The van der Waals surface area contributed by atoms with Crippen LogP contribution in [-0.2, 0) is 16.0 Å². The van der Waals surface area contributed by atoms with Crippen molar-refractivity contribution in [2.24, 2.45) is 11.8 Å². The Morgan fingerprint density at radius 2 is 1.74 bits per heavy atom. The average molecular weight is 432 g/mol. The third-order valence-corrected chi connectivity index (χ3v) is 5.35. The van der Waals surface area contributed by atoms with Gasteiger partial charge in [0.1, 0.15) is 17.5 Å². The number of aliphatic hydroxyl groups is 4. The minimum absolute atomic E-state index is 0.0242. The first-order valence-corrected chi connectivity index (χ1v) is 9.89. The van der Waals surface area contributed by atoms with Gasteiger partial charge in [0, 0.05) is 26.0 Å². The predicted octanol–water partition coefficient (Wildman–Crippen LogP) is 0.636. The Morgan fingerprint density at radius 1 is 1.06 bits per heavy atom. The van der Waals surface area contributed by atoms with E-state index in [4.69, 9.17) is 9.47 Å². The predicted molar refractivity (Wildman–Crippen MR) is 111 cm³/mol. The summed E-state index contributed by atoms with van der Waals surface area (Å²) in [6.45, 7) is 2.05. The lowest BCUT2D eigenvalue weighted by atomic mass is 9.83. The summed E-state index contributed by atoms with van der Waals surface area (Å²) in [6, 6.07) is 12.8. The van der Waals surface area contributed by atoms with Crippen LogP contribution in [0.2, 0.25) is 0 Å². The van der Waals surface area contributed by atoms with Crippen molar-refractivity contribution >= 4 is 11.7 Å². The minimum atomic E-state index is -2.43. The van der Waals surface area contributed by atoms with Gasteiger partial charge in [-0.3, -0.25) is 9.69 Å². The van der Waals surface area contributed by atoms with Crippen molar-refractivity contribution in [2.75, 3.05) is 25.3 Å². The lowest BCUT2D eigenvalue weighted by Crippen LogP contribution is -2.49. The van der Waals surface area contributed by atoms with Crippen molar-refractivity contribution < 1.29 is 34.7 Å². The molecule has 1 aliphatic heterocycles. The zero-order valence-electron chi connectivity index (χ0n) is 17.7. The van der Waals surface area contributed by atoms with E-state index in [1.165, 1.54) is 12.0 Å². The first-order chi connectivity index (χ1) is 14.5. The maximum Gasteiger partial charge on any atom is 0.237 e. The first-order valence-electron chi connectivity index (χ1n) is 9.89. The number of anilines is 1. The Bertz CT molecular complexity index is 906. The van der Waals surface area contributed by atoms with Crippen LogP contribution in [0.4, 0.5) is 5.82 Å². The van der Waals surface area contributed by atoms with E-state index < -0.39 is 29.3 Å². The lowest BCUT2D eigenvalue weighted by molar-refractivity contribution is -0.243. The van der Waals surface area contributed by atoms with E-state index in [9.17, 15) is 25.2 Å². The molecule has 2 atom stereocenters. The van der Waals surface area contributed by atoms with E-state index in [0.29, 0.717) is 17.9 Å². The van der Waals surface area contributed by atoms with Crippen LogP contribution in [0.1, 0.15) is 25.1 Å². The third-order valence-electron chi connectivity index (χ3n) is 5.35. The van der Waals surface area contributed by atoms with E-state index >= 15 is 0 Å². The number of carbonyl (C=O) groups is 1. The normalized spacial score (nSPS) is 19.7. The van der Waals surface area contributed by atoms with Gasteiger partial charge in [-0.15, -0.1) is 0 Å². The molecule has 3 rings (SSSR count). The molecule has 1 aliphatic rings. The van der Waals surface area contributed by atoms with Crippen molar-refractivity contribution in [3.05, 3.63) is 53.7 Å². The molecule has 0 saturated carbocycles. The molecule has 2 unspecified atom stereocenters. The number of pyridine rings is 1. The molecular formula is C22H28N2O7. The lowest BCUT2D eigenvalue weighted by Gasteiger charge is -2.32. The van der Waals surface area contributed by atoms with Gasteiger partial charge < -0.3 is 29.9 Å². The fraction of sp³-hybridized carbons (Fsp3) is 0.455. The summed E-state index contributed by atoms with van der Waals surface area (Å²) >= 11 is 0. The van der Waals surface area contributed by atoms with Gasteiger partial charge in [-0.1, -0.05) is 30.3 Å². The molecule has 9 nitrogen and oxygen atoms in total. The number of hydrogen-bond acceptors (Lipinski definition) is 8. The minimum Gasteiger partial charge on any atom is -0.466 e. The number of methoxy groups -OCH3 is 1. The Hall–Kier alpha value is -2.56. The molecular weight excluding hydrogens is 404 g/mol. The van der Waals surface area contributed by atoms with Gasteiger partial charge in [0.25, 0.3) is 0 Å². The van der Waals surface area contributed by atoms with Crippen molar-refractivity contribution in [1.29, 1.82) is 0 Å². The smallest absolute Gasteiger partial charge is 0.237 e. The van der Waals surface area contributed by atoms with Gasteiger partial charge in [0.15, 0.2) is 18.4 Å². The van der Waals surface area contributed by atoms with Crippen LogP contribution >= 0.6 is 0 Å². The summed E-state index contributed by atoms with van der Waals surface area (Å²) in [5.41, 5.74) is 1.54. The zero-order chi connectivity index (χ0) is 22.8. The Balaban J connectivity index is 1.98. The van der Waals surface area contributed by atoms with Crippen LogP contribution in [0.15, 0.2) is 42.5 Å². The van der Waals surface area contributed by atoms with Gasteiger partial charge in [0.05, 0.1) is 5.69 Å². The molecule has 0 aliphatic carbocycles. The highest BCUT2D eigenvalue weighted by atomic mass is 16.7. The Labute approximate surface area is 180 Å². The first kappa shape index (κ1) is 23.1. The Kier molecular flexibility index (Phi) is 6.63. The second-order valence-electron chi connectivity index (χ2n) is 8.05. The summed E-state index contributed by atoms with van der Waals surface area (Å²) in [4.78, 5) is 18.8. The van der Waals surface area contributed by atoms with Crippen molar-refractivity contribution in [3.63, 3.8) is 0 Å². The van der Waals surface area contributed by atoms with E-state index in [2.05, 4.69) is 4.98 Å². The molecule has 2 heterocycles. The maximum atomic E-state index is 13.0. The quantitative estimate of drug-likeness (QED) is 0.447. The second-order valence-corrected chi connectivity index (χ2v) is 8.05. The van der Waals surface area contributed by atoms with Crippen LogP contribution in [0.25, 0.3) is 0 Å². The summed E-state index contributed by atoms with van der Waals surface area (Å²) in [5.74, 6) is -7.22.